The first-order chi connectivity index (χ1) is 15.7. The van der Waals surface area contributed by atoms with Crippen LogP contribution in [-0.2, 0) is 11.3 Å². The topological polar surface area (TPSA) is 66.6 Å². The van der Waals surface area contributed by atoms with Crippen LogP contribution in [0.5, 0.6) is 5.75 Å². The van der Waals surface area contributed by atoms with Crippen LogP contribution in [0.1, 0.15) is 5.56 Å². The van der Waals surface area contributed by atoms with E-state index in [-0.39, 0.29) is 5.82 Å². The fourth-order valence-electron chi connectivity index (χ4n) is 4.00. The first kappa shape index (κ1) is 22.4. The van der Waals surface area contributed by atoms with Crippen molar-refractivity contribution in [2.45, 2.75) is 6.54 Å². The van der Waals surface area contributed by atoms with Crippen LogP contribution in [0.3, 0.4) is 0 Å². The smallest absolute Gasteiger partial charge is 0.191 e. The zero-order valence-electron chi connectivity index (χ0n) is 18.5. The van der Waals surface area contributed by atoms with Crippen molar-refractivity contribution in [2.75, 3.05) is 70.5 Å². The van der Waals surface area contributed by atoms with E-state index in [0.717, 1.165) is 76.0 Å². The van der Waals surface area contributed by atoms with Gasteiger partial charge in [-0.2, -0.15) is 0 Å². The van der Waals surface area contributed by atoms with Crippen LogP contribution in [0, 0.1) is 5.82 Å². The number of ether oxygens (including phenoxy) is 2. The molecule has 0 saturated carbocycles. The van der Waals surface area contributed by atoms with Gasteiger partial charge in [0.15, 0.2) is 5.96 Å². The van der Waals surface area contributed by atoms with E-state index in [4.69, 9.17) is 15.2 Å². The molecule has 32 heavy (non-hydrogen) atoms. The van der Waals surface area contributed by atoms with Crippen molar-refractivity contribution in [1.82, 2.24) is 9.80 Å². The number of guanidine groups is 1. The summed E-state index contributed by atoms with van der Waals surface area (Å²) in [5.41, 5.74) is 8.36. The molecule has 2 saturated heterocycles. The molecule has 0 atom stereocenters. The monoisotopic (exact) mass is 441 g/mol. The van der Waals surface area contributed by atoms with E-state index in [2.05, 4.69) is 19.7 Å². The Morgan fingerprint density at radius 3 is 2.44 bits per heavy atom. The highest BCUT2D eigenvalue weighted by atomic mass is 19.1. The van der Waals surface area contributed by atoms with Gasteiger partial charge in [0.05, 0.1) is 19.8 Å². The summed E-state index contributed by atoms with van der Waals surface area (Å²) in [4.78, 5) is 11.3. The number of para-hydroxylation sites is 1. The van der Waals surface area contributed by atoms with E-state index < -0.39 is 0 Å². The van der Waals surface area contributed by atoms with Crippen molar-refractivity contribution in [3.05, 3.63) is 59.9 Å². The number of piperazine rings is 1. The number of morpholine rings is 1. The Labute approximate surface area is 189 Å². The van der Waals surface area contributed by atoms with Gasteiger partial charge < -0.3 is 25.0 Å². The number of anilines is 1. The molecule has 0 aromatic heterocycles. The minimum Gasteiger partial charge on any atom is -0.492 e. The highest BCUT2D eigenvalue weighted by Gasteiger charge is 2.19. The Morgan fingerprint density at radius 2 is 1.69 bits per heavy atom. The highest BCUT2D eigenvalue weighted by Crippen LogP contribution is 2.20. The largest absolute Gasteiger partial charge is 0.492 e. The molecule has 2 aliphatic heterocycles. The number of hydrogen-bond acceptors (Lipinski definition) is 5. The molecule has 2 heterocycles. The zero-order chi connectivity index (χ0) is 22.2. The second kappa shape index (κ2) is 11.2. The molecule has 0 aliphatic carbocycles. The Bertz CT molecular complexity index is 878. The number of rotatable bonds is 7. The molecule has 172 valence electrons. The third kappa shape index (κ3) is 6.11. The number of nitrogens with two attached hydrogens (primary N) is 1. The number of halogens is 1. The average Bonchev–Trinajstić information content (AvgIpc) is 2.84. The van der Waals surface area contributed by atoms with Crippen molar-refractivity contribution in [2.24, 2.45) is 10.7 Å². The lowest BCUT2D eigenvalue weighted by molar-refractivity contribution is 0.0322. The van der Waals surface area contributed by atoms with Gasteiger partial charge >= 0.3 is 0 Å². The molecule has 8 heteroatoms. The lowest BCUT2D eigenvalue weighted by Crippen LogP contribution is -2.51. The molecular formula is C24H32FN5O2. The average molecular weight is 442 g/mol. The maximum Gasteiger partial charge on any atom is 0.191 e. The predicted molar refractivity (Wildman–Crippen MR) is 125 cm³/mol. The normalized spacial score (nSPS) is 18.1. The summed E-state index contributed by atoms with van der Waals surface area (Å²) < 4.78 is 24.6. The van der Waals surface area contributed by atoms with E-state index in [9.17, 15) is 4.39 Å². The van der Waals surface area contributed by atoms with Gasteiger partial charge in [-0.05, 0) is 30.3 Å². The fourth-order valence-corrected chi connectivity index (χ4v) is 4.00. The van der Waals surface area contributed by atoms with Crippen LogP contribution in [-0.4, -0.2) is 81.4 Å². The van der Waals surface area contributed by atoms with Crippen molar-refractivity contribution in [3.8, 4) is 5.75 Å². The van der Waals surface area contributed by atoms with Crippen LogP contribution < -0.4 is 15.4 Å². The molecule has 4 rings (SSSR count). The zero-order valence-corrected chi connectivity index (χ0v) is 18.5. The third-order valence-electron chi connectivity index (χ3n) is 5.95. The van der Waals surface area contributed by atoms with Crippen molar-refractivity contribution in [1.29, 1.82) is 0 Å². The Kier molecular flexibility index (Phi) is 7.79. The maximum atomic E-state index is 13.2. The molecule has 2 aromatic carbocycles. The van der Waals surface area contributed by atoms with Gasteiger partial charge in [-0.15, -0.1) is 0 Å². The predicted octanol–water partition coefficient (Wildman–Crippen LogP) is 2.17. The van der Waals surface area contributed by atoms with Crippen LogP contribution in [0.4, 0.5) is 10.1 Å². The summed E-state index contributed by atoms with van der Waals surface area (Å²) in [6.45, 7) is 8.73. The first-order valence-electron chi connectivity index (χ1n) is 11.3. The maximum absolute atomic E-state index is 13.2. The molecule has 2 aromatic rings. The minimum atomic E-state index is -0.214. The first-order valence-corrected chi connectivity index (χ1v) is 11.3. The summed E-state index contributed by atoms with van der Waals surface area (Å²) in [5.74, 6) is 1.19. The number of aliphatic imine (C=N–C) groups is 1. The molecule has 0 bridgehead atoms. The Balaban J connectivity index is 1.27. The standard InChI is InChI=1S/C24H32FN5O2/c25-21-5-7-22(8-6-21)29-9-11-30(12-10-29)24(26)27-19-20-3-1-2-4-23(20)32-18-15-28-13-16-31-17-14-28/h1-8H,9-19H2,(H2,26,27). The number of benzene rings is 2. The lowest BCUT2D eigenvalue weighted by atomic mass is 10.2. The van der Waals surface area contributed by atoms with E-state index in [0.29, 0.717) is 19.1 Å². The van der Waals surface area contributed by atoms with Gasteiger partial charge in [0.1, 0.15) is 18.2 Å². The molecule has 2 aliphatic rings. The summed E-state index contributed by atoms with van der Waals surface area (Å²) in [6, 6.07) is 14.6. The van der Waals surface area contributed by atoms with Crippen LogP contribution in [0.2, 0.25) is 0 Å². The highest BCUT2D eigenvalue weighted by molar-refractivity contribution is 5.78. The van der Waals surface area contributed by atoms with Gasteiger partial charge in [-0.1, -0.05) is 18.2 Å². The number of nitrogens with zero attached hydrogens (tertiary/aromatic N) is 4. The molecule has 0 amide bonds. The van der Waals surface area contributed by atoms with Gasteiger partial charge in [0, 0.05) is 57.1 Å². The van der Waals surface area contributed by atoms with Crippen molar-refractivity contribution >= 4 is 11.6 Å². The summed E-state index contributed by atoms with van der Waals surface area (Å²) in [6.07, 6.45) is 0. The third-order valence-corrected chi connectivity index (χ3v) is 5.95. The van der Waals surface area contributed by atoms with Gasteiger partial charge in [-0.3, -0.25) is 4.90 Å². The Hall–Kier alpha value is -2.84. The van der Waals surface area contributed by atoms with Crippen molar-refractivity contribution < 1.29 is 13.9 Å². The summed E-state index contributed by atoms with van der Waals surface area (Å²) >= 11 is 0. The van der Waals surface area contributed by atoms with Crippen LogP contribution in [0.15, 0.2) is 53.5 Å². The quantitative estimate of drug-likeness (QED) is 0.525. The van der Waals surface area contributed by atoms with E-state index in [1.54, 1.807) is 0 Å². The molecule has 0 radical (unpaired) electrons. The molecule has 7 nitrogen and oxygen atoms in total. The minimum absolute atomic E-state index is 0.214. The van der Waals surface area contributed by atoms with Crippen LogP contribution >= 0.6 is 0 Å². The van der Waals surface area contributed by atoms with E-state index in [1.807, 2.05) is 36.4 Å². The lowest BCUT2D eigenvalue weighted by Gasteiger charge is -2.36. The van der Waals surface area contributed by atoms with Gasteiger partial charge in [0.2, 0.25) is 0 Å². The SMILES string of the molecule is NC(=NCc1ccccc1OCCN1CCOCC1)N1CCN(c2ccc(F)cc2)CC1. The molecule has 2 N–H and O–H groups in total. The molecular weight excluding hydrogens is 409 g/mol. The van der Waals surface area contributed by atoms with Crippen LogP contribution in [0.25, 0.3) is 0 Å². The van der Waals surface area contributed by atoms with E-state index >= 15 is 0 Å². The Morgan fingerprint density at radius 1 is 0.969 bits per heavy atom. The van der Waals surface area contributed by atoms with E-state index in [1.165, 1.54) is 12.1 Å². The fraction of sp³-hybridized carbons (Fsp3) is 0.458. The van der Waals surface area contributed by atoms with Gasteiger partial charge in [0.25, 0.3) is 0 Å². The second-order valence-electron chi connectivity index (χ2n) is 8.04. The second-order valence-corrected chi connectivity index (χ2v) is 8.04. The summed E-state index contributed by atoms with van der Waals surface area (Å²) in [7, 11) is 0. The molecule has 2 fully saturated rings. The van der Waals surface area contributed by atoms with Crippen molar-refractivity contribution in [3.63, 3.8) is 0 Å². The summed E-state index contributed by atoms with van der Waals surface area (Å²) in [5, 5.41) is 0. The molecule has 0 spiro atoms. The van der Waals surface area contributed by atoms with Gasteiger partial charge in [-0.25, -0.2) is 9.38 Å². The number of hydrogen-bond donors (Lipinski definition) is 1. The molecule has 0 unspecified atom stereocenters.